The van der Waals surface area contributed by atoms with E-state index >= 15 is 0 Å². The maximum atomic E-state index is 11.5. The number of nitrogens with zero attached hydrogens (tertiary/aromatic N) is 1. The molecule has 0 saturated carbocycles. The molecule has 1 heterocycles. The highest BCUT2D eigenvalue weighted by molar-refractivity contribution is 5.78. The van der Waals surface area contributed by atoms with Crippen molar-refractivity contribution in [2.45, 2.75) is 64.8 Å². The van der Waals surface area contributed by atoms with Crippen LogP contribution in [0.2, 0.25) is 0 Å². The molecule has 0 bridgehead atoms. The lowest BCUT2D eigenvalue weighted by Gasteiger charge is -2.43. The number of ether oxygens (including phenoxy) is 1. The summed E-state index contributed by atoms with van der Waals surface area (Å²) < 4.78 is 5.62. The molecule has 0 spiro atoms. The standard InChI is InChI=1S/C14H28N2O3/c1-6-15-14(5,13(17)18)7-10(2)16-8-12(4)19-9-11(16)3/h10-12,15H,6-9H2,1-5H3,(H,17,18). The molecule has 4 atom stereocenters. The zero-order valence-electron chi connectivity index (χ0n) is 12.8. The van der Waals surface area contributed by atoms with E-state index in [4.69, 9.17) is 4.74 Å². The number of likely N-dealkylation sites (N-methyl/N-ethyl adjacent to an activating group) is 1. The molecule has 112 valence electrons. The van der Waals surface area contributed by atoms with E-state index in [1.807, 2.05) is 6.92 Å². The fourth-order valence-corrected chi connectivity index (χ4v) is 2.88. The van der Waals surface area contributed by atoms with Crippen molar-refractivity contribution in [2.24, 2.45) is 0 Å². The molecule has 0 amide bonds. The summed E-state index contributed by atoms with van der Waals surface area (Å²) in [5.74, 6) is -0.782. The maximum absolute atomic E-state index is 11.5. The van der Waals surface area contributed by atoms with E-state index in [0.29, 0.717) is 19.0 Å². The molecule has 2 N–H and O–H groups in total. The second-order valence-corrected chi connectivity index (χ2v) is 5.91. The molecule has 1 rings (SSSR count). The topological polar surface area (TPSA) is 61.8 Å². The summed E-state index contributed by atoms with van der Waals surface area (Å²) in [6.45, 7) is 12.2. The molecule has 0 radical (unpaired) electrons. The molecule has 19 heavy (non-hydrogen) atoms. The van der Waals surface area contributed by atoms with Crippen LogP contribution >= 0.6 is 0 Å². The van der Waals surface area contributed by atoms with Crippen molar-refractivity contribution >= 4 is 5.97 Å². The molecule has 0 aliphatic carbocycles. The summed E-state index contributed by atoms with van der Waals surface area (Å²) in [5.41, 5.74) is -0.866. The average Bonchev–Trinajstić information content (AvgIpc) is 2.32. The van der Waals surface area contributed by atoms with Crippen molar-refractivity contribution in [3.63, 3.8) is 0 Å². The first-order valence-corrected chi connectivity index (χ1v) is 7.16. The van der Waals surface area contributed by atoms with Crippen LogP contribution in [0.4, 0.5) is 0 Å². The Hall–Kier alpha value is -0.650. The van der Waals surface area contributed by atoms with Gasteiger partial charge in [-0.05, 0) is 40.7 Å². The third-order valence-corrected chi connectivity index (χ3v) is 3.96. The quantitative estimate of drug-likeness (QED) is 0.764. The lowest BCUT2D eigenvalue weighted by Crippen LogP contribution is -2.57. The minimum Gasteiger partial charge on any atom is -0.480 e. The van der Waals surface area contributed by atoms with Crippen LogP contribution in [-0.4, -0.2) is 59.4 Å². The van der Waals surface area contributed by atoms with Crippen molar-refractivity contribution in [1.29, 1.82) is 0 Å². The molecular formula is C14H28N2O3. The van der Waals surface area contributed by atoms with Crippen LogP contribution in [0.1, 0.15) is 41.0 Å². The zero-order chi connectivity index (χ0) is 14.6. The lowest BCUT2D eigenvalue weighted by atomic mass is 9.92. The third kappa shape index (κ3) is 4.16. The van der Waals surface area contributed by atoms with E-state index in [2.05, 4.69) is 31.0 Å². The molecule has 1 aliphatic heterocycles. The van der Waals surface area contributed by atoms with Gasteiger partial charge in [0.2, 0.25) is 0 Å². The van der Waals surface area contributed by atoms with Gasteiger partial charge in [-0.2, -0.15) is 0 Å². The van der Waals surface area contributed by atoms with E-state index in [1.54, 1.807) is 6.92 Å². The van der Waals surface area contributed by atoms with E-state index in [-0.39, 0.29) is 12.1 Å². The summed E-state index contributed by atoms with van der Waals surface area (Å²) in [7, 11) is 0. The molecule has 5 nitrogen and oxygen atoms in total. The van der Waals surface area contributed by atoms with Crippen molar-refractivity contribution in [3.8, 4) is 0 Å². The van der Waals surface area contributed by atoms with Crippen molar-refractivity contribution in [2.75, 3.05) is 19.7 Å². The summed E-state index contributed by atoms with van der Waals surface area (Å²) in [6.07, 6.45) is 0.807. The Labute approximate surface area is 116 Å². The molecule has 5 heteroatoms. The van der Waals surface area contributed by atoms with Crippen LogP contribution in [0.5, 0.6) is 0 Å². The molecule has 0 aromatic heterocycles. The number of nitrogens with one attached hydrogen (secondary N) is 1. The predicted octanol–water partition coefficient (Wildman–Crippen LogP) is 1.33. The molecule has 1 aliphatic rings. The number of hydrogen-bond acceptors (Lipinski definition) is 4. The van der Waals surface area contributed by atoms with Crippen LogP contribution in [0.25, 0.3) is 0 Å². The van der Waals surface area contributed by atoms with Gasteiger partial charge >= 0.3 is 5.97 Å². The SMILES string of the molecule is CCNC(C)(CC(C)N1CC(C)OCC1C)C(=O)O. The molecule has 0 aromatic rings. The average molecular weight is 272 g/mol. The Morgan fingerprint density at radius 2 is 2.21 bits per heavy atom. The van der Waals surface area contributed by atoms with E-state index in [9.17, 15) is 9.90 Å². The van der Waals surface area contributed by atoms with Gasteiger partial charge in [-0.3, -0.25) is 9.69 Å². The summed E-state index contributed by atoms with van der Waals surface area (Å²) >= 11 is 0. The number of carboxylic acids is 1. The lowest BCUT2D eigenvalue weighted by molar-refractivity contribution is -0.145. The number of carboxylic acid groups (broad SMARTS) is 1. The van der Waals surface area contributed by atoms with Gasteiger partial charge in [0.05, 0.1) is 12.7 Å². The van der Waals surface area contributed by atoms with Crippen molar-refractivity contribution in [1.82, 2.24) is 10.2 Å². The molecule has 1 saturated heterocycles. The number of rotatable bonds is 6. The van der Waals surface area contributed by atoms with Gasteiger partial charge in [-0.25, -0.2) is 0 Å². The van der Waals surface area contributed by atoms with Gasteiger partial charge in [0, 0.05) is 18.6 Å². The van der Waals surface area contributed by atoms with E-state index < -0.39 is 11.5 Å². The normalized spacial score (nSPS) is 29.7. The second kappa shape index (κ2) is 6.68. The Balaban J connectivity index is 2.70. The third-order valence-electron chi connectivity index (χ3n) is 3.96. The highest BCUT2D eigenvalue weighted by atomic mass is 16.5. The van der Waals surface area contributed by atoms with Gasteiger partial charge in [0.15, 0.2) is 0 Å². The van der Waals surface area contributed by atoms with E-state index in [1.165, 1.54) is 0 Å². The first-order chi connectivity index (χ1) is 8.80. The first kappa shape index (κ1) is 16.4. The van der Waals surface area contributed by atoms with Gasteiger partial charge in [0.25, 0.3) is 0 Å². The summed E-state index contributed by atoms with van der Waals surface area (Å²) in [6, 6.07) is 0.548. The highest BCUT2D eigenvalue weighted by Crippen LogP contribution is 2.22. The number of aliphatic carboxylic acids is 1. The van der Waals surface area contributed by atoms with Gasteiger partial charge in [-0.15, -0.1) is 0 Å². The molecular weight excluding hydrogens is 244 g/mol. The number of carbonyl (C=O) groups is 1. The predicted molar refractivity (Wildman–Crippen MR) is 75.4 cm³/mol. The fraction of sp³-hybridized carbons (Fsp3) is 0.929. The Bertz CT molecular complexity index is 311. The van der Waals surface area contributed by atoms with Gasteiger partial charge in [0.1, 0.15) is 5.54 Å². The minimum atomic E-state index is -0.866. The molecule has 4 unspecified atom stereocenters. The monoisotopic (exact) mass is 272 g/mol. The maximum Gasteiger partial charge on any atom is 0.323 e. The number of morpholine rings is 1. The number of hydrogen-bond donors (Lipinski definition) is 2. The van der Waals surface area contributed by atoms with Crippen LogP contribution in [0, 0.1) is 0 Å². The zero-order valence-corrected chi connectivity index (χ0v) is 12.8. The largest absolute Gasteiger partial charge is 0.480 e. The van der Waals surface area contributed by atoms with Crippen LogP contribution in [-0.2, 0) is 9.53 Å². The second-order valence-electron chi connectivity index (χ2n) is 5.91. The molecule has 0 aromatic carbocycles. The Morgan fingerprint density at radius 1 is 1.58 bits per heavy atom. The van der Waals surface area contributed by atoms with Crippen LogP contribution < -0.4 is 5.32 Å². The first-order valence-electron chi connectivity index (χ1n) is 7.16. The van der Waals surface area contributed by atoms with Gasteiger partial charge in [-0.1, -0.05) is 6.92 Å². The minimum absolute atomic E-state index is 0.210. The molecule has 1 fully saturated rings. The summed E-state index contributed by atoms with van der Waals surface area (Å²) in [4.78, 5) is 13.8. The Morgan fingerprint density at radius 3 is 2.74 bits per heavy atom. The summed E-state index contributed by atoms with van der Waals surface area (Å²) in [5, 5.41) is 12.5. The fourth-order valence-electron chi connectivity index (χ4n) is 2.88. The van der Waals surface area contributed by atoms with Crippen LogP contribution in [0.3, 0.4) is 0 Å². The Kier molecular flexibility index (Phi) is 5.77. The van der Waals surface area contributed by atoms with Crippen LogP contribution in [0.15, 0.2) is 0 Å². The van der Waals surface area contributed by atoms with E-state index in [0.717, 1.165) is 13.2 Å². The smallest absolute Gasteiger partial charge is 0.323 e. The van der Waals surface area contributed by atoms with Gasteiger partial charge < -0.3 is 15.2 Å². The van der Waals surface area contributed by atoms with Crippen molar-refractivity contribution < 1.29 is 14.6 Å². The highest BCUT2D eigenvalue weighted by Gasteiger charge is 2.37. The van der Waals surface area contributed by atoms with Crippen molar-refractivity contribution in [3.05, 3.63) is 0 Å².